The van der Waals surface area contributed by atoms with Gasteiger partial charge in [0.05, 0.1) is 28.3 Å². The maximum atomic E-state index is 13.6. The van der Waals surface area contributed by atoms with Gasteiger partial charge in [-0.05, 0) is 80.5 Å². The molecule has 9 heteroatoms. The van der Waals surface area contributed by atoms with Gasteiger partial charge in [-0.2, -0.15) is 0 Å². The van der Waals surface area contributed by atoms with Crippen LogP contribution < -0.4 is 4.90 Å². The van der Waals surface area contributed by atoms with E-state index >= 15 is 0 Å². The number of piperidine rings is 1. The van der Waals surface area contributed by atoms with Crippen molar-refractivity contribution in [1.29, 1.82) is 0 Å². The first-order valence-corrected chi connectivity index (χ1v) is 14.2. The van der Waals surface area contributed by atoms with E-state index in [9.17, 15) is 9.18 Å². The van der Waals surface area contributed by atoms with Crippen molar-refractivity contribution < 1.29 is 9.18 Å². The lowest BCUT2D eigenvalue weighted by atomic mass is 9.95. The lowest BCUT2D eigenvalue weighted by Crippen LogP contribution is -2.51. The Morgan fingerprint density at radius 1 is 0.897 bits per heavy atom. The van der Waals surface area contributed by atoms with Crippen LogP contribution in [0.1, 0.15) is 18.7 Å². The zero-order chi connectivity index (χ0) is 26.9. The lowest BCUT2D eigenvalue weighted by Gasteiger charge is -2.39. The van der Waals surface area contributed by atoms with E-state index in [0.29, 0.717) is 29.7 Å². The van der Waals surface area contributed by atoms with E-state index in [2.05, 4.69) is 14.4 Å². The molecule has 1 aromatic heterocycles. The Morgan fingerprint density at radius 3 is 2.36 bits per heavy atom. The largest absolute Gasteiger partial charge is 0.367 e. The maximum Gasteiger partial charge on any atom is 0.225 e. The van der Waals surface area contributed by atoms with Crippen molar-refractivity contribution in [2.24, 2.45) is 5.92 Å². The molecule has 0 radical (unpaired) electrons. The second-order valence-electron chi connectivity index (χ2n) is 10.3. The van der Waals surface area contributed by atoms with Gasteiger partial charge < -0.3 is 9.80 Å². The molecule has 0 N–H and O–H groups in total. The van der Waals surface area contributed by atoms with E-state index in [1.165, 1.54) is 12.1 Å². The van der Waals surface area contributed by atoms with Gasteiger partial charge in [0.15, 0.2) is 0 Å². The van der Waals surface area contributed by atoms with Gasteiger partial charge in [0.2, 0.25) is 5.91 Å². The van der Waals surface area contributed by atoms with Crippen LogP contribution in [-0.2, 0) is 11.3 Å². The molecule has 0 saturated carbocycles. The number of carbonyl (C=O) groups excluding carboxylic acids is 1. The number of aromatic nitrogens is 2. The quantitative estimate of drug-likeness (QED) is 0.296. The molecule has 2 saturated heterocycles. The minimum atomic E-state index is -0.258. The SMILES string of the molecule is O=C(C1CCN(Cc2nc3ccccc3n2-c2ccc(F)cc2)CC1)N1CCN(c2cc(Cl)ccc2Cl)CC1. The Labute approximate surface area is 237 Å². The monoisotopic (exact) mass is 565 g/mol. The van der Waals surface area contributed by atoms with E-state index in [4.69, 9.17) is 28.2 Å². The molecule has 0 bridgehead atoms. The van der Waals surface area contributed by atoms with Crippen molar-refractivity contribution in [1.82, 2.24) is 19.4 Å². The zero-order valence-electron chi connectivity index (χ0n) is 21.6. The summed E-state index contributed by atoms with van der Waals surface area (Å²) in [6, 6.07) is 20.1. The van der Waals surface area contributed by atoms with Crippen LogP contribution in [0.25, 0.3) is 16.7 Å². The smallest absolute Gasteiger partial charge is 0.225 e. The highest BCUT2D eigenvalue weighted by Gasteiger charge is 2.31. The molecule has 4 aromatic rings. The number of anilines is 1. The van der Waals surface area contributed by atoms with Gasteiger partial charge in [0.1, 0.15) is 11.6 Å². The molecule has 39 heavy (non-hydrogen) atoms. The number of likely N-dealkylation sites (tertiary alicyclic amines) is 1. The van der Waals surface area contributed by atoms with E-state index < -0.39 is 0 Å². The summed E-state index contributed by atoms with van der Waals surface area (Å²) in [4.78, 5) is 24.8. The Balaban J connectivity index is 1.08. The standard InChI is InChI=1S/C30H30Cl2FN5O/c31-22-5-10-25(32)28(19-22)36-15-17-37(18-16-36)30(39)21-11-13-35(14-12-21)20-29-34-26-3-1-2-4-27(26)38(29)24-8-6-23(33)7-9-24/h1-10,19,21H,11-18,20H2. The highest BCUT2D eigenvalue weighted by Crippen LogP contribution is 2.31. The summed E-state index contributed by atoms with van der Waals surface area (Å²) in [6.07, 6.45) is 1.66. The topological polar surface area (TPSA) is 44.6 Å². The van der Waals surface area contributed by atoms with Gasteiger partial charge in [0.25, 0.3) is 0 Å². The summed E-state index contributed by atoms with van der Waals surface area (Å²) in [7, 11) is 0. The van der Waals surface area contributed by atoms with Gasteiger partial charge in [0, 0.05) is 42.8 Å². The van der Waals surface area contributed by atoms with Crippen LogP contribution in [0.3, 0.4) is 0 Å². The molecule has 2 fully saturated rings. The maximum absolute atomic E-state index is 13.6. The van der Waals surface area contributed by atoms with Crippen LogP contribution >= 0.6 is 23.2 Å². The van der Waals surface area contributed by atoms with Crippen molar-refractivity contribution in [2.75, 3.05) is 44.2 Å². The van der Waals surface area contributed by atoms with Crippen molar-refractivity contribution in [3.63, 3.8) is 0 Å². The van der Waals surface area contributed by atoms with Crippen molar-refractivity contribution in [3.05, 3.63) is 88.4 Å². The third kappa shape index (κ3) is 5.49. The number of halogens is 3. The first-order valence-electron chi connectivity index (χ1n) is 13.4. The molecule has 0 spiro atoms. The number of hydrogen-bond donors (Lipinski definition) is 0. The molecule has 2 aliphatic rings. The summed E-state index contributed by atoms with van der Waals surface area (Å²) >= 11 is 12.6. The number of hydrogen-bond acceptors (Lipinski definition) is 4. The first kappa shape index (κ1) is 26.1. The third-order valence-electron chi connectivity index (χ3n) is 7.86. The molecule has 1 amide bonds. The van der Waals surface area contributed by atoms with E-state index in [0.717, 1.165) is 67.3 Å². The molecule has 3 aromatic carbocycles. The second kappa shape index (κ2) is 11.2. The summed E-state index contributed by atoms with van der Waals surface area (Å²) < 4.78 is 15.7. The van der Waals surface area contributed by atoms with Crippen LogP contribution in [0.2, 0.25) is 10.0 Å². The molecule has 0 aliphatic carbocycles. The minimum absolute atomic E-state index is 0.0403. The van der Waals surface area contributed by atoms with Crippen LogP contribution in [0.15, 0.2) is 66.7 Å². The number of fused-ring (bicyclic) bond motifs is 1. The number of rotatable bonds is 5. The fourth-order valence-electron chi connectivity index (χ4n) is 5.75. The average Bonchev–Trinajstić information content (AvgIpc) is 3.32. The fraction of sp³-hybridized carbons (Fsp3) is 0.333. The first-order chi connectivity index (χ1) is 19.0. The Bertz CT molecular complexity index is 1470. The van der Waals surface area contributed by atoms with Gasteiger partial charge >= 0.3 is 0 Å². The highest BCUT2D eigenvalue weighted by molar-refractivity contribution is 6.35. The van der Waals surface area contributed by atoms with Gasteiger partial charge in [-0.1, -0.05) is 35.3 Å². The molecule has 202 valence electrons. The van der Waals surface area contributed by atoms with Crippen molar-refractivity contribution >= 4 is 45.8 Å². The van der Waals surface area contributed by atoms with Gasteiger partial charge in [-0.25, -0.2) is 9.37 Å². The Hall–Kier alpha value is -3.13. The fourth-order valence-corrected chi connectivity index (χ4v) is 6.16. The van der Waals surface area contributed by atoms with E-state index in [1.807, 2.05) is 41.3 Å². The zero-order valence-corrected chi connectivity index (χ0v) is 23.1. The summed E-state index contributed by atoms with van der Waals surface area (Å²) in [5.41, 5.74) is 3.74. The second-order valence-corrected chi connectivity index (χ2v) is 11.1. The van der Waals surface area contributed by atoms with Crippen LogP contribution in [0, 0.1) is 11.7 Å². The number of piperazine rings is 1. The van der Waals surface area contributed by atoms with E-state index in [1.54, 1.807) is 18.2 Å². The minimum Gasteiger partial charge on any atom is -0.367 e. The molecule has 6 rings (SSSR count). The molecule has 2 aliphatic heterocycles. The number of nitrogens with zero attached hydrogens (tertiary/aromatic N) is 5. The summed E-state index contributed by atoms with van der Waals surface area (Å²) in [5, 5.41) is 1.34. The number of carbonyl (C=O) groups is 1. The molecule has 0 unspecified atom stereocenters. The van der Waals surface area contributed by atoms with Gasteiger partial charge in [-0.15, -0.1) is 0 Å². The third-order valence-corrected chi connectivity index (χ3v) is 8.41. The number of benzene rings is 3. The van der Waals surface area contributed by atoms with Crippen molar-refractivity contribution in [2.45, 2.75) is 19.4 Å². The van der Waals surface area contributed by atoms with Gasteiger partial charge in [-0.3, -0.25) is 14.3 Å². The molecular weight excluding hydrogens is 536 g/mol. The lowest BCUT2D eigenvalue weighted by molar-refractivity contribution is -0.137. The number of imidazole rings is 1. The molecule has 3 heterocycles. The molecule has 0 atom stereocenters. The summed E-state index contributed by atoms with van der Waals surface area (Å²) in [6.45, 7) is 5.19. The van der Waals surface area contributed by atoms with Crippen molar-refractivity contribution in [3.8, 4) is 5.69 Å². The summed E-state index contributed by atoms with van der Waals surface area (Å²) in [5.74, 6) is 0.957. The normalized spacial score (nSPS) is 17.2. The molecule has 6 nitrogen and oxygen atoms in total. The number of amides is 1. The Kier molecular flexibility index (Phi) is 7.47. The highest BCUT2D eigenvalue weighted by atomic mass is 35.5. The van der Waals surface area contributed by atoms with Crippen LogP contribution in [0.4, 0.5) is 10.1 Å². The molecular formula is C30H30Cl2FN5O. The average molecular weight is 567 g/mol. The predicted molar refractivity (Wildman–Crippen MR) is 154 cm³/mol. The van der Waals surface area contributed by atoms with Crippen LogP contribution in [-0.4, -0.2) is 64.5 Å². The van der Waals surface area contributed by atoms with Crippen LogP contribution in [0.5, 0.6) is 0 Å². The van der Waals surface area contributed by atoms with E-state index in [-0.39, 0.29) is 17.6 Å². The number of para-hydroxylation sites is 2. The Morgan fingerprint density at radius 2 is 1.62 bits per heavy atom. The predicted octanol–water partition coefficient (Wildman–Crippen LogP) is 6.03.